The summed E-state index contributed by atoms with van der Waals surface area (Å²) in [7, 11) is 0. The fourth-order valence-corrected chi connectivity index (χ4v) is 5.33. The molecule has 0 bridgehead atoms. The second kappa shape index (κ2) is 9.25. The van der Waals surface area contributed by atoms with E-state index in [1.165, 1.54) is 12.1 Å². The Hall–Kier alpha value is -3.70. The van der Waals surface area contributed by atoms with Crippen molar-refractivity contribution in [3.63, 3.8) is 0 Å². The zero-order valence-corrected chi connectivity index (χ0v) is 20.9. The van der Waals surface area contributed by atoms with Gasteiger partial charge in [-0.1, -0.05) is 11.6 Å². The van der Waals surface area contributed by atoms with Gasteiger partial charge in [0.25, 0.3) is 11.8 Å². The number of carbonyl (C=O) groups excluding carboxylic acids is 2. The van der Waals surface area contributed by atoms with Crippen LogP contribution in [0.4, 0.5) is 30.4 Å². The summed E-state index contributed by atoms with van der Waals surface area (Å²) in [5.41, 5.74) is 2.34. The highest BCUT2D eigenvalue weighted by molar-refractivity contribution is 6.30. The zero-order chi connectivity index (χ0) is 26.6. The molecule has 2 amide bonds. The first-order chi connectivity index (χ1) is 18.2. The molecule has 4 aliphatic heterocycles. The summed E-state index contributed by atoms with van der Waals surface area (Å²) in [6.07, 6.45) is -4.49. The first-order valence-corrected chi connectivity index (χ1v) is 12.6. The van der Waals surface area contributed by atoms with Gasteiger partial charge in [0.1, 0.15) is 22.9 Å². The number of amides is 2. The fraction of sp³-hybridized carbons (Fsp3) is 0.308. The molecule has 4 aliphatic rings. The number of hydrogen-bond donors (Lipinski definition) is 3. The second-order valence-electron chi connectivity index (χ2n) is 9.45. The van der Waals surface area contributed by atoms with Crippen molar-refractivity contribution in [2.75, 3.05) is 54.8 Å². The van der Waals surface area contributed by atoms with E-state index in [0.717, 1.165) is 24.8 Å². The maximum Gasteiger partial charge on any atom is 0.416 e. The summed E-state index contributed by atoms with van der Waals surface area (Å²) in [5.74, 6) is 0.345. The molecule has 8 nitrogen and oxygen atoms in total. The number of halogens is 4. The number of rotatable bonds is 5. The lowest BCUT2D eigenvalue weighted by atomic mass is 10.1. The maximum atomic E-state index is 13.6. The quantitative estimate of drug-likeness (QED) is 0.351. The minimum absolute atomic E-state index is 0.0186. The fourth-order valence-electron chi connectivity index (χ4n) is 5.13. The van der Waals surface area contributed by atoms with Gasteiger partial charge in [-0.3, -0.25) is 14.2 Å². The molecule has 38 heavy (non-hydrogen) atoms. The molecule has 0 saturated carbocycles. The van der Waals surface area contributed by atoms with Gasteiger partial charge in [-0.05, 0) is 48.0 Å². The third-order valence-corrected chi connectivity index (χ3v) is 7.26. The summed E-state index contributed by atoms with van der Waals surface area (Å²) in [4.78, 5) is 29.3. The van der Waals surface area contributed by atoms with E-state index >= 15 is 0 Å². The van der Waals surface area contributed by atoms with Crippen LogP contribution in [0.15, 0.2) is 42.5 Å². The van der Waals surface area contributed by atoms with Crippen LogP contribution in [0.25, 0.3) is 5.69 Å². The van der Waals surface area contributed by atoms with Crippen LogP contribution in [-0.4, -0.2) is 60.5 Å². The van der Waals surface area contributed by atoms with Gasteiger partial charge < -0.3 is 25.8 Å². The lowest BCUT2D eigenvalue weighted by molar-refractivity contribution is -0.138. The van der Waals surface area contributed by atoms with Crippen molar-refractivity contribution >= 4 is 40.6 Å². The maximum absolute atomic E-state index is 13.6. The number of benzene rings is 2. The van der Waals surface area contributed by atoms with E-state index in [4.69, 9.17) is 11.6 Å². The topological polar surface area (TPSA) is 81.6 Å². The average molecular weight is 545 g/mol. The molecule has 1 saturated heterocycles. The minimum Gasteiger partial charge on any atom is -0.368 e. The lowest BCUT2D eigenvalue weighted by Crippen LogP contribution is -2.46. The van der Waals surface area contributed by atoms with E-state index in [1.807, 2.05) is 4.90 Å². The normalized spacial score (nSPS) is 16.1. The van der Waals surface area contributed by atoms with E-state index in [2.05, 4.69) is 16.0 Å². The molecule has 0 spiro atoms. The Labute approximate surface area is 221 Å². The summed E-state index contributed by atoms with van der Waals surface area (Å²) >= 11 is 6.00. The Balaban J connectivity index is 1.17. The van der Waals surface area contributed by atoms with Crippen LogP contribution >= 0.6 is 11.6 Å². The number of nitrogens with one attached hydrogen (secondary N) is 3. The highest BCUT2D eigenvalue weighted by Crippen LogP contribution is 2.55. The summed E-state index contributed by atoms with van der Waals surface area (Å²) in [5, 5.41) is 9.53. The van der Waals surface area contributed by atoms with Crippen LogP contribution in [0, 0.1) is 0 Å². The molecular weight excluding hydrogens is 521 g/mol. The van der Waals surface area contributed by atoms with Gasteiger partial charge >= 0.3 is 6.18 Å². The molecule has 1 fully saturated rings. The Morgan fingerprint density at radius 1 is 0.974 bits per heavy atom. The van der Waals surface area contributed by atoms with Crippen LogP contribution in [0.5, 0.6) is 0 Å². The Morgan fingerprint density at radius 3 is 2.42 bits per heavy atom. The number of hydrogen-bond acceptors (Lipinski definition) is 5. The smallest absolute Gasteiger partial charge is 0.368 e. The molecule has 6 rings (SSSR count). The predicted octanol–water partition coefficient (Wildman–Crippen LogP) is 4.19. The predicted molar refractivity (Wildman–Crippen MR) is 138 cm³/mol. The molecular formula is C26H24ClF3N6O2. The van der Waals surface area contributed by atoms with Gasteiger partial charge in [-0.2, -0.15) is 13.2 Å². The molecule has 2 aromatic rings. The first-order valence-electron chi connectivity index (χ1n) is 12.3. The van der Waals surface area contributed by atoms with E-state index in [-0.39, 0.29) is 28.9 Å². The third-order valence-electron chi connectivity index (χ3n) is 7.03. The van der Waals surface area contributed by atoms with Crippen molar-refractivity contribution in [3.8, 4) is 5.69 Å². The summed E-state index contributed by atoms with van der Waals surface area (Å²) in [6.45, 7) is 3.87. The molecule has 2 aromatic carbocycles. The molecule has 198 valence electrons. The van der Waals surface area contributed by atoms with Crippen molar-refractivity contribution in [2.45, 2.75) is 12.7 Å². The van der Waals surface area contributed by atoms with Crippen LogP contribution in [-0.2, 0) is 12.7 Å². The molecule has 0 aliphatic carbocycles. The number of aromatic nitrogens is 1. The van der Waals surface area contributed by atoms with Crippen molar-refractivity contribution in [1.29, 1.82) is 0 Å². The van der Waals surface area contributed by atoms with E-state index in [1.54, 1.807) is 33.7 Å². The molecule has 4 heterocycles. The van der Waals surface area contributed by atoms with Crippen molar-refractivity contribution < 1.29 is 22.8 Å². The number of piperazine rings is 1. The number of alkyl halides is 3. The van der Waals surface area contributed by atoms with Crippen molar-refractivity contribution in [3.05, 3.63) is 69.9 Å². The number of nitrogens with zero attached hydrogens (tertiary/aromatic N) is 3. The highest BCUT2D eigenvalue weighted by atomic mass is 35.5. The Bertz CT molecular complexity index is 1430. The van der Waals surface area contributed by atoms with Crippen LogP contribution in [0.1, 0.15) is 32.0 Å². The van der Waals surface area contributed by atoms with Crippen molar-refractivity contribution in [2.24, 2.45) is 0 Å². The van der Waals surface area contributed by atoms with Gasteiger partial charge in [-0.15, -0.1) is 0 Å². The zero-order valence-electron chi connectivity index (χ0n) is 20.2. The van der Waals surface area contributed by atoms with Gasteiger partial charge in [-0.25, -0.2) is 0 Å². The van der Waals surface area contributed by atoms with E-state index in [0.29, 0.717) is 54.6 Å². The lowest BCUT2D eigenvalue weighted by Gasteiger charge is -2.35. The van der Waals surface area contributed by atoms with Crippen LogP contribution in [0.2, 0.25) is 5.02 Å². The van der Waals surface area contributed by atoms with Crippen LogP contribution in [0.3, 0.4) is 0 Å². The average Bonchev–Trinajstić information content (AvgIpc) is 3.55. The van der Waals surface area contributed by atoms with Crippen LogP contribution < -0.4 is 20.9 Å². The Morgan fingerprint density at radius 2 is 1.71 bits per heavy atom. The summed E-state index contributed by atoms with van der Waals surface area (Å²) < 4.78 is 42.5. The third kappa shape index (κ3) is 4.35. The molecule has 0 unspecified atom stereocenters. The van der Waals surface area contributed by atoms with E-state index in [9.17, 15) is 22.8 Å². The molecule has 3 N–H and O–H groups in total. The molecule has 0 atom stereocenters. The number of carbonyl (C=O) groups is 2. The summed E-state index contributed by atoms with van der Waals surface area (Å²) in [6, 6.07) is 10.3. The second-order valence-corrected chi connectivity index (χ2v) is 9.89. The SMILES string of the molecule is O=C(Nc1ccc(C(=O)N2CCNCC2)cc1)c1c2c3c(n1-2)NCCN3Cc1cc(Cl)ccc1C(F)(F)F. The van der Waals surface area contributed by atoms with E-state index < -0.39 is 11.7 Å². The number of anilines is 3. The van der Waals surface area contributed by atoms with Crippen molar-refractivity contribution in [1.82, 2.24) is 14.8 Å². The first kappa shape index (κ1) is 24.6. The minimum atomic E-state index is -4.49. The van der Waals surface area contributed by atoms with Gasteiger partial charge in [0.05, 0.1) is 5.56 Å². The highest BCUT2D eigenvalue weighted by Gasteiger charge is 2.46. The Kier molecular flexibility index (Phi) is 5.99. The number of fused-ring (bicyclic) bond motifs is 4. The van der Waals surface area contributed by atoms with Gasteiger partial charge in [0.2, 0.25) is 0 Å². The molecule has 12 heteroatoms. The largest absolute Gasteiger partial charge is 0.416 e. The monoisotopic (exact) mass is 544 g/mol. The molecule has 0 radical (unpaired) electrons. The molecule has 0 aromatic heterocycles. The standard InChI is InChI=1S/C26H24ClF3N6O2/c27-17-3-6-19(26(28,29)30)16(13-17)14-35-12-9-32-23-21(35)20-22(36(20)23)24(37)33-18-4-1-15(2-5-18)25(38)34-10-7-31-8-11-34/h1-6,13,31-32H,7-12,14H2,(H,33,37). The van der Waals surface area contributed by atoms with Gasteiger partial charge in [0, 0.05) is 62.1 Å². The van der Waals surface area contributed by atoms with Gasteiger partial charge in [0.15, 0.2) is 0 Å².